The molecule has 0 heterocycles. The normalized spacial score (nSPS) is 11.8. The molecule has 1 rings (SSSR count). The van der Waals surface area contributed by atoms with Crippen LogP contribution in [-0.4, -0.2) is 19.4 Å². The first-order valence-corrected chi connectivity index (χ1v) is 5.15. The molecule has 1 aromatic carbocycles. The Bertz CT molecular complexity index is 366. The molecule has 1 aromatic rings. The second kappa shape index (κ2) is 5.95. The standard InChI is InChI=1S/C10H12Cl2N2O/c1-15-5-4-10(14-13)7-2-3-8(11)9(12)6-7/h2-3,6H,4-5,13H2,1H3/b14-10-. The number of hydrogen-bond donors (Lipinski definition) is 1. The van der Waals surface area contributed by atoms with Crippen LogP contribution in [0.15, 0.2) is 23.3 Å². The highest BCUT2D eigenvalue weighted by atomic mass is 35.5. The Labute approximate surface area is 98.8 Å². The summed E-state index contributed by atoms with van der Waals surface area (Å²) in [7, 11) is 1.63. The number of halogens is 2. The van der Waals surface area contributed by atoms with Crippen LogP contribution < -0.4 is 5.84 Å². The van der Waals surface area contributed by atoms with E-state index in [2.05, 4.69) is 5.10 Å². The Morgan fingerprint density at radius 3 is 2.67 bits per heavy atom. The van der Waals surface area contributed by atoms with Gasteiger partial charge in [-0.05, 0) is 17.7 Å². The third kappa shape index (κ3) is 3.38. The van der Waals surface area contributed by atoms with Crippen molar-refractivity contribution in [1.29, 1.82) is 0 Å². The fourth-order valence-corrected chi connectivity index (χ4v) is 1.46. The van der Waals surface area contributed by atoms with Crippen LogP contribution >= 0.6 is 23.2 Å². The topological polar surface area (TPSA) is 47.6 Å². The monoisotopic (exact) mass is 246 g/mol. The van der Waals surface area contributed by atoms with Crippen molar-refractivity contribution in [3.63, 3.8) is 0 Å². The van der Waals surface area contributed by atoms with E-state index in [1.165, 1.54) is 0 Å². The molecule has 3 nitrogen and oxygen atoms in total. The zero-order valence-electron chi connectivity index (χ0n) is 8.34. The molecule has 0 atom stereocenters. The molecule has 82 valence electrons. The summed E-state index contributed by atoms with van der Waals surface area (Å²) in [4.78, 5) is 0. The van der Waals surface area contributed by atoms with Crippen molar-refractivity contribution in [3.8, 4) is 0 Å². The molecule has 15 heavy (non-hydrogen) atoms. The molecule has 0 bridgehead atoms. The third-order valence-corrected chi connectivity index (χ3v) is 2.69. The SMILES string of the molecule is COCC/C(=N/N)c1ccc(Cl)c(Cl)c1. The molecular weight excluding hydrogens is 235 g/mol. The minimum absolute atomic E-state index is 0.493. The van der Waals surface area contributed by atoms with E-state index >= 15 is 0 Å². The molecule has 0 aliphatic carbocycles. The molecule has 0 radical (unpaired) electrons. The Hall–Kier alpha value is -0.770. The first kappa shape index (κ1) is 12.3. The van der Waals surface area contributed by atoms with Crippen LogP contribution in [0.3, 0.4) is 0 Å². The molecule has 0 unspecified atom stereocenters. The molecule has 0 aliphatic heterocycles. The smallest absolute Gasteiger partial charge is 0.0696 e. The van der Waals surface area contributed by atoms with Crippen molar-refractivity contribution in [1.82, 2.24) is 0 Å². The quantitative estimate of drug-likeness (QED) is 0.505. The largest absolute Gasteiger partial charge is 0.384 e. The number of ether oxygens (including phenoxy) is 1. The van der Waals surface area contributed by atoms with Gasteiger partial charge in [0, 0.05) is 13.5 Å². The second-order valence-corrected chi connectivity index (χ2v) is 3.76. The van der Waals surface area contributed by atoms with Crippen LogP contribution in [0.4, 0.5) is 0 Å². The van der Waals surface area contributed by atoms with Gasteiger partial charge in [0.05, 0.1) is 22.4 Å². The zero-order chi connectivity index (χ0) is 11.3. The Morgan fingerprint density at radius 2 is 2.13 bits per heavy atom. The maximum Gasteiger partial charge on any atom is 0.0696 e. The van der Waals surface area contributed by atoms with Gasteiger partial charge < -0.3 is 10.6 Å². The maximum absolute atomic E-state index is 5.89. The molecule has 0 aliphatic rings. The average molecular weight is 247 g/mol. The van der Waals surface area contributed by atoms with E-state index < -0.39 is 0 Å². The molecule has 0 saturated carbocycles. The summed E-state index contributed by atoms with van der Waals surface area (Å²) < 4.78 is 4.95. The second-order valence-electron chi connectivity index (χ2n) is 2.95. The predicted molar refractivity (Wildman–Crippen MR) is 63.7 cm³/mol. The number of hydrogen-bond acceptors (Lipinski definition) is 3. The van der Waals surface area contributed by atoms with Gasteiger partial charge in [-0.2, -0.15) is 5.10 Å². The summed E-state index contributed by atoms with van der Waals surface area (Å²) in [6, 6.07) is 5.29. The summed E-state index contributed by atoms with van der Waals surface area (Å²) in [5, 5.41) is 4.71. The van der Waals surface area contributed by atoms with Crippen molar-refractivity contribution in [3.05, 3.63) is 33.8 Å². The average Bonchev–Trinajstić information content (AvgIpc) is 2.24. The lowest BCUT2D eigenvalue weighted by Crippen LogP contribution is -2.07. The Balaban J connectivity index is 2.88. The highest BCUT2D eigenvalue weighted by Crippen LogP contribution is 2.23. The molecule has 5 heteroatoms. The van der Waals surface area contributed by atoms with Gasteiger partial charge in [-0.3, -0.25) is 0 Å². The number of rotatable bonds is 4. The van der Waals surface area contributed by atoms with Crippen molar-refractivity contribution >= 4 is 28.9 Å². The van der Waals surface area contributed by atoms with Crippen LogP contribution in [0.1, 0.15) is 12.0 Å². The molecule has 0 saturated heterocycles. The van der Waals surface area contributed by atoms with Crippen molar-refractivity contribution < 1.29 is 4.74 Å². The van der Waals surface area contributed by atoms with Crippen LogP contribution in [0, 0.1) is 0 Å². The Morgan fingerprint density at radius 1 is 1.40 bits per heavy atom. The lowest BCUT2D eigenvalue weighted by atomic mass is 10.1. The van der Waals surface area contributed by atoms with E-state index in [4.69, 9.17) is 33.8 Å². The molecule has 2 N–H and O–H groups in total. The lowest BCUT2D eigenvalue weighted by Gasteiger charge is -2.05. The Kier molecular flexibility index (Phi) is 4.88. The summed E-state index contributed by atoms with van der Waals surface area (Å²) in [6.07, 6.45) is 0.644. The summed E-state index contributed by atoms with van der Waals surface area (Å²) in [5.41, 5.74) is 1.61. The van der Waals surface area contributed by atoms with Gasteiger partial charge in [-0.15, -0.1) is 0 Å². The molecule has 0 spiro atoms. The van der Waals surface area contributed by atoms with Gasteiger partial charge in [-0.1, -0.05) is 29.3 Å². The third-order valence-electron chi connectivity index (χ3n) is 1.95. The highest BCUT2D eigenvalue weighted by molar-refractivity contribution is 6.42. The van der Waals surface area contributed by atoms with Crippen LogP contribution in [-0.2, 0) is 4.74 Å². The van der Waals surface area contributed by atoms with Crippen LogP contribution in [0.5, 0.6) is 0 Å². The number of nitrogens with two attached hydrogens (primary N) is 1. The van der Waals surface area contributed by atoms with E-state index in [1.807, 2.05) is 6.07 Å². The van der Waals surface area contributed by atoms with Gasteiger partial charge in [-0.25, -0.2) is 0 Å². The fraction of sp³-hybridized carbons (Fsp3) is 0.300. The molecular formula is C10H12Cl2N2O. The minimum Gasteiger partial charge on any atom is -0.384 e. The van der Waals surface area contributed by atoms with E-state index in [-0.39, 0.29) is 0 Å². The number of hydrazone groups is 1. The minimum atomic E-state index is 0.493. The van der Waals surface area contributed by atoms with Crippen molar-refractivity contribution in [2.24, 2.45) is 10.9 Å². The first-order chi connectivity index (χ1) is 7.19. The summed E-state index contributed by atoms with van der Waals surface area (Å²) >= 11 is 11.7. The summed E-state index contributed by atoms with van der Waals surface area (Å²) in [6.45, 7) is 0.566. The van der Waals surface area contributed by atoms with Gasteiger partial charge in [0.1, 0.15) is 0 Å². The van der Waals surface area contributed by atoms with E-state index in [0.717, 1.165) is 11.3 Å². The van der Waals surface area contributed by atoms with Crippen molar-refractivity contribution in [2.75, 3.05) is 13.7 Å². The van der Waals surface area contributed by atoms with E-state index in [9.17, 15) is 0 Å². The fourth-order valence-electron chi connectivity index (χ4n) is 1.16. The molecule has 0 fully saturated rings. The number of benzene rings is 1. The van der Waals surface area contributed by atoms with Crippen LogP contribution in [0.2, 0.25) is 10.0 Å². The zero-order valence-corrected chi connectivity index (χ0v) is 9.85. The van der Waals surface area contributed by atoms with Gasteiger partial charge in [0.25, 0.3) is 0 Å². The lowest BCUT2D eigenvalue weighted by molar-refractivity contribution is 0.207. The van der Waals surface area contributed by atoms with Gasteiger partial charge in [0.2, 0.25) is 0 Å². The van der Waals surface area contributed by atoms with Gasteiger partial charge >= 0.3 is 0 Å². The van der Waals surface area contributed by atoms with Crippen LogP contribution in [0.25, 0.3) is 0 Å². The maximum atomic E-state index is 5.89. The first-order valence-electron chi connectivity index (χ1n) is 4.40. The van der Waals surface area contributed by atoms with Gasteiger partial charge in [0.15, 0.2) is 0 Å². The van der Waals surface area contributed by atoms with E-state index in [1.54, 1.807) is 19.2 Å². The van der Waals surface area contributed by atoms with E-state index in [0.29, 0.717) is 23.1 Å². The number of nitrogens with zero attached hydrogens (tertiary/aromatic N) is 1. The molecule has 0 aromatic heterocycles. The molecule has 0 amide bonds. The number of methoxy groups -OCH3 is 1. The van der Waals surface area contributed by atoms with Crippen molar-refractivity contribution in [2.45, 2.75) is 6.42 Å². The predicted octanol–water partition coefficient (Wildman–Crippen LogP) is 2.69. The summed E-state index contributed by atoms with van der Waals surface area (Å²) in [5.74, 6) is 5.29. The highest BCUT2D eigenvalue weighted by Gasteiger charge is 2.06.